The van der Waals surface area contributed by atoms with Gasteiger partial charge in [0, 0.05) is 20.6 Å². The summed E-state index contributed by atoms with van der Waals surface area (Å²) >= 11 is 5.05. The number of halogens is 1. The summed E-state index contributed by atoms with van der Waals surface area (Å²) in [6.45, 7) is 0. The maximum atomic E-state index is 12.6. The van der Waals surface area contributed by atoms with E-state index < -0.39 is 0 Å². The minimum absolute atomic E-state index is 0.101. The third-order valence-electron chi connectivity index (χ3n) is 3.73. The Bertz CT molecular complexity index is 639. The number of fused-ring (bicyclic) bond motifs is 1. The fourth-order valence-corrected chi connectivity index (χ4v) is 4.18. The van der Waals surface area contributed by atoms with E-state index in [0.29, 0.717) is 11.3 Å². The molecule has 1 aromatic heterocycles. The maximum absolute atomic E-state index is 12.6. The second-order valence-corrected chi connectivity index (χ2v) is 7.18. The Kier molecular flexibility index (Phi) is 3.94. The molecule has 0 saturated carbocycles. The molecule has 0 unspecified atom stereocenters. The zero-order valence-electron chi connectivity index (χ0n) is 11.1. The zero-order chi connectivity index (χ0) is 14.1. The van der Waals surface area contributed by atoms with E-state index in [2.05, 4.69) is 22.0 Å². The smallest absolute Gasteiger partial charge is 0.203 e. The molecule has 20 heavy (non-hydrogen) atoms. The van der Waals surface area contributed by atoms with Crippen molar-refractivity contribution in [2.75, 3.05) is 5.73 Å². The SMILES string of the molecule is Nc1ccc(C(=O)c2cc3c(s2)CCCCC3)cc1Br. The molecular weight excluding hydrogens is 334 g/mol. The normalized spacial score (nSPS) is 14.7. The Morgan fingerprint density at radius 1 is 1.15 bits per heavy atom. The molecule has 2 N–H and O–H groups in total. The minimum atomic E-state index is 0.101. The van der Waals surface area contributed by atoms with Crippen molar-refractivity contribution in [3.05, 3.63) is 49.6 Å². The largest absolute Gasteiger partial charge is 0.398 e. The van der Waals surface area contributed by atoms with E-state index in [1.807, 2.05) is 6.07 Å². The molecule has 0 bridgehead atoms. The number of carbonyl (C=O) groups excluding carboxylic acids is 1. The molecule has 4 heteroatoms. The molecule has 1 aromatic carbocycles. The van der Waals surface area contributed by atoms with Crippen LogP contribution >= 0.6 is 27.3 Å². The van der Waals surface area contributed by atoms with Gasteiger partial charge in [-0.2, -0.15) is 0 Å². The third kappa shape index (κ3) is 2.67. The lowest BCUT2D eigenvalue weighted by Crippen LogP contribution is -1.99. The lowest BCUT2D eigenvalue weighted by atomic mass is 10.1. The number of hydrogen-bond donors (Lipinski definition) is 1. The summed E-state index contributed by atoms with van der Waals surface area (Å²) in [5.74, 6) is 0.101. The Morgan fingerprint density at radius 2 is 1.95 bits per heavy atom. The van der Waals surface area contributed by atoms with Crippen LogP contribution in [-0.2, 0) is 12.8 Å². The molecule has 1 aliphatic carbocycles. The van der Waals surface area contributed by atoms with Crippen LogP contribution in [0.4, 0.5) is 5.69 Å². The first-order valence-electron chi connectivity index (χ1n) is 6.86. The van der Waals surface area contributed by atoms with Crippen LogP contribution in [-0.4, -0.2) is 5.78 Å². The van der Waals surface area contributed by atoms with Crippen molar-refractivity contribution in [3.63, 3.8) is 0 Å². The lowest BCUT2D eigenvalue weighted by Gasteiger charge is -2.02. The third-order valence-corrected chi connectivity index (χ3v) is 5.66. The van der Waals surface area contributed by atoms with Crippen LogP contribution in [0.2, 0.25) is 0 Å². The number of hydrogen-bond acceptors (Lipinski definition) is 3. The average molecular weight is 350 g/mol. The summed E-state index contributed by atoms with van der Waals surface area (Å²) in [6.07, 6.45) is 6.03. The first kappa shape index (κ1) is 13.8. The van der Waals surface area contributed by atoms with Crippen molar-refractivity contribution in [2.45, 2.75) is 32.1 Å². The van der Waals surface area contributed by atoms with Crippen LogP contribution in [0.3, 0.4) is 0 Å². The Morgan fingerprint density at radius 3 is 2.75 bits per heavy atom. The second-order valence-electron chi connectivity index (χ2n) is 5.19. The molecular formula is C16H16BrNOS. The Balaban J connectivity index is 1.92. The topological polar surface area (TPSA) is 43.1 Å². The first-order valence-corrected chi connectivity index (χ1v) is 8.47. The van der Waals surface area contributed by atoms with Gasteiger partial charge in [0.15, 0.2) is 0 Å². The molecule has 2 aromatic rings. The summed E-state index contributed by atoms with van der Waals surface area (Å²) in [5, 5.41) is 0. The van der Waals surface area contributed by atoms with Crippen molar-refractivity contribution in [1.82, 2.24) is 0 Å². The predicted octanol–water partition coefficient (Wildman–Crippen LogP) is 4.59. The number of rotatable bonds is 2. The van der Waals surface area contributed by atoms with Gasteiger partial charge in [-0.15, -0.1) is 11.3 Å². The van der Waals surface area contributed by atoms with E-state index in [-0.39, 0.29) is 5.78 Å². The number of carbonyl (C=O) groups is 1. The van der Waals surface area contributed by atoms with Crippen molar-refractivity contribution >= 4 is 38.7 Å². The van der Waals surface area contributed by atoms with Gasteiger partial charge in [-0.3, -0.25) is 4.79 Å². The van der Waals surface area contributed by atoms with Gasteiger partial charge in [-0.05, 0) is 71.4 Å². The monoisotopic (exact) mass is 349 g/mol. The van der Waals surface area contributed by atoms with Crippen LogP contribution in [0.1, 0.15) is 44.9 Å². The van der Waals surface area contributed by atoms with Gasteiger partial charge in [0.2, 0.25) is 5.78 Å². The standard InChI is InChI=1S/C16H16BrNOS/c17-12-8-11(6-7-13(12)18)16(19)15-9-10-4-2-1-3-5-14(10)20-15/h6-9H,1-5,18H2. The maximum Gasteiger partial charge on any atom is 0.203 e. The van der Waals surface area contributed by atoms with Gasteiger partial charge in [0.05, 0.1) is 4.88 Å². The number of anilines is 1. The van der Waals surface area contributed by atoms with E-state index in [4.69, 9.17) is 5.73 Å². The van der Waals surface area contributed by atoms with Gasteiger partial charge in [0.1, 0.15) is 0 Å². The molecule has 0 fully saturated rings. The summed E-state index contributed by atoms with van der Waals surface area (Å²) in [7, 11) is 0. The molecule has 104 valence electrons. The van der Waals surface area contributed by atoms with E-state index >= 15 is 0 Å². The van der Waals surface area contributed by atoms with Crippen molar-refractivity contribution in [3.8, 4) is 0 Å². The van der Waals surface area contributed by atoms with E-state index in [1.165, 1.54) is 29.7 Å². The van der Waals surface area contributed by atoms with Crippen LogP contribution in [0, 0.1) is 0 Å². The van der Waals surface area contributed by atoms with E-state index in [9.17, 15) is 4.79 Å². The van der Waals surface area contributed by atoms with Gasteiger partial charge >= 0.3 is 0 Å². The van der Waals surface area contributed by atoms with Gasteiger partial charge < -0.3 is 5.73 Å². The zero-order valence-corrected chi connectivity index (χ0v) is 13.5. The molecule has 0 saturated heterocycles. The van der Waals surface area contributed by atoms with Crippen LogP contribution in [0.25, 0.3) is 0 Å². The minimum Gasteiger partial charge on any atom is -0.398 e. The first-order chi connectivity index (χ1) is 9.65. The highest BCUT2D eigenvalue weighted by atomic mass is 79.9. The van der Waals surface area contributed by atoms with Gasteiger partial charge in [-0.25, -0.2) is 0 Å². The average Bonchev–Trinajstić information content (AvgIpc) is 2.72. The van der Waals surface area contributed by atoms with Crippen LogP contribution in [0.15, 0.2) is 28.7 Å². The number of thiophene rings is 1. The molecule has 2 nitrogen and oxygen atoms in total. The van der Waals surface area contributed by atoms with E-state index in [1.54, 1.807) is 23.5 Å². The fraction of sp³-hybridized carbons (Fsp3) is 0.312. The summed E-state index contributed by atoms with van der Waals surface area (Å²) in [5.41, 5.74) is 8.50. The summed E-state index contributed by atoms with van der Waals surface area (Å²) < 4.78 is 0.779. The fourth-order valence-electron chi connectivity index (χ4n) is 2.59. The number of ketones is 1. The van der Waals surface area contributed by atoms with Crippen LogP contribution < -0.4 is 5.73 Å². The Labute approximate surface area is 131 Å². The molecule has 0 aliphatic heterocycles. The molecule has 0 radical (unpaired) electrons. The molecule has 0 atom stereocenters. The second kappa shape index (κ2) is 5.70. The highest BCUT2D eigenvalue weighted by molar-refractivity contribution is 9.10. The highest BCUT2D eigenvalue weighted by Gasteiger charge is 2.18. The highest BCUT2D eigenvalue weighted by Crippen LogP contribution is 2.31. The summed E-state index contributed by atoms with van der Waals surface area (Å²) in [6, 6.07) is 7.48. The Hall–Kier alpha value is -1.13. The number of nitrogens with two attached hydrogens (primary N) is 1. The number of nitrogen functional groups attached to an aromatic ring is 1. The molecule has 0 amide bonds. The van der Waals surface area contributed by atoms with Crippen molar-refractivity contribution in [2.24, 2.45) is 0 Å². The van der Waals surface area contributed by atoms with E-state index in [0.717, 1.165) is 22.2 Å². The quantitative estimate of drug-likeness (QED) is 0.489. The van der Waals surface area contributed by atoms with Gasteiger partial charge in [0.25, 0.3) is 0 Å². The number of aryl methyl sites for hydroxylation is 2. The number of benzene rings is 1. The lowest BCUT2D eigenvalue weighted by molar-refractivity contribution is 0.104. The molecule has 3 rings (SSSR count). The van der Waals surface area contributed by atoms with Crippen molar-refractivity contribution in [1.29, 1.82) is 0 Å². The molecule has 1 heterocycles. The predicted molar refractivity (Wildman–Crippen MR) is 87.6 cm³/mol. The van der Waals surface area contributed by atoms with Gasteiger partial charge in [-0.1, -0.05) is 6.42 Å². The van der Waals surface area contributed by atoms with Crippen molar-refractivity contribution < 1.29 is 4.79 Å². The molecule has 1 aliphatic rings. The van der Waals surface area contributed by atoms with Crippen LogP contribution in [0.5, 0.6) is 0 Å². The molecule has 0 spiro atoms. The summed E-state index contributed by atoms with van der Waals surface area (Å²) in [4.78, 5) is 14.8.